The molecule has 17 heavy (non-hydrogen) atoms. The van der Waals surface area contributed by atoms with Gasteiger partial charge in [0.15, 0.2) is 0 Å². The topological polar surface area (TPSA) is 83.1 Å². The van der Waals surface area contributed by atoms with Crippen LogP contribution in [0.3, 0.4) is 0 Å². The lowest BCUT2D eigenvalue weighted by Crippen LogP contribution is -2.47. The van der Waals surface area contributed by atoms with Crippen LogP contribution >= 0.6 is 0 Å². The Bertz CT molecular complexity index is 248. The molecule has 6 nitrogen and oxygen atoms in total. The summed E-state index contributed by atoms with van der Waals surface area (Å²) in [6.07, 6.45) is 0.239. The van der Waals surface area contributed by atoms with Crippen molar-refractivity contribution in [2.24, 2.45) is 16.8 Å². The number of hydrogen-bond acceptors (Lipinski definition) is 5. The SMILES string of the molecule is CCN1CCOC(CNCC(C)C(N)=NO)C1. The van der Waals surface area contributed by atoms with Crippen LogP contribution in [0.1, 0.15) is 13.8 Å². The number of hydrogen-bond donors (Lipinski definition) is 3. The maximum absolute atomic E-state index is 8.52. The fourth-order valence-corrected chi connectivity index (χ4v) is 1.86. The highest BCUT2D eigenvalue weighted by molar-refractivity contribution is 5.82. The first-order chi connectivity index (χ1) is 8.17. The number of oxime groups is 1. The van der Waals surface area contributed by atoms with Crippen molar-refractivity contribution in [3.63, 3.8) is 0 Å². The summed E-state index contributed by atoms with van der Waals surface area (Å²) in [5, 5.41) is 14.8. The zero-order valence-corrected chi connectivity index (χ0v) is 10.7. The zero-order chi connectivity index (χ0) is 12.7. The highest BCUT2D eigenvalue weighted by atomic mass is 16.5. The molecule has 0 aromatic carbocycles. The lowest BCUT2D eigenvalue weighted by molar-refractivity contribution is -0.0252. The summed E-state index contributed by atoms with van der Waals surface area (Å²) in [6.45, 7) is 9.45. The van der Waals surface area contributed by atoms with Gasteiger partial charge in [0.1, 0.15) is 5.84 Å². The van der Waals surface area contributed by atoms with Gasteiger partial charge in [-0.2, -0.15) is 0 Å². The Morgan fingerprint density at radius 3 is 3.12 bits per heavy atom. The quantitative estimate of drug-likeness (QED) is 0.258. The van der Waals surface area contributed by atoms with E-state index in [1.807, 2.05) is 6.92 Å². The first-order valence-electron chi connectivity index (χ1n) is 6.19. The van der Waals surface area contributed by atoms with Gasteiger partial charge in [0.25, 0.3) is 0 Å². The molecule has 2 unspecified atom stereocenters. The molecule has 0 saturated carbocycles. The maximum atomic E-state index is 8.52. The summed E-state index contributed by atoms with van der Waals surface area (Å²) in [7, 11) is 0. The second kappa shape index (κ2) is 7.47. The second-order valence-electron chi connectivity index (χ2n) is 4.47. The summed E-state index contributed by atoms with van der Waals surface area (Å²) in [5.41, 5.74) is 5.50. The fourth-order valence-electron chi connectivity index (χ4n) is 1.86. The number of nitrogens with one attached hydrogen (secondary N) is 1. The summed E-state index contributed by atoms with van der Waals surface area (Å²) in [5.74, 6) is 0.295. The minimum absolute atomic E-state index is 0.0332. The van der Waals surface area contributed by atoms with Gasteiger partial charge in [0, 0.05) is 32.1 Å². The van der Waals surface area contributed by atoms with E-state index in [0.717, 1.165) is 32.8 Å². The van der Waals surface area contributed by atoms with Gasteiger partial charge in [0.05, 0.1) is 12.7 Å². The predicted molar refractivity (Wildman–Crippen MR) is 67.3 cm³/mol. The lowest BCUT2D eigenvalue weighted by atomic mass is 10.1. The minimum Gasteiger partial charge on any atom is -0.409 e. The average molecular weight is 244 g/mol. The van der Waals surface area contributed by atoms with E-state index in [4.69, 9.17) is 15.7 Å². The molecule has 0 aromatic rings. The van der Waals surface area contributed by atoms with Gasteiger partial charge in [-0.25, -0.2) is 0 Å². The molecule has 0 bridgehead atoms. The molecule has 0 spiro atoms. The van der Waals surface area contributed by atoms with Crippen LogP contribution in [0, 0.1) is 5.92 Å². The Balaban J connectivity index is 2.18. The Labute approximate surface area is 103 Å². The van der Waals surface area contributed by atoms with E-state index in [9.17, 15) is 0 Å². The van der Waals surface area contributed by atoms with Crippen molar-refractivity contribution in [3.8, 4) is 0 Å². The van der Waals surface area contributed by atoms with Crippen LogP contribution in [-0.4, -0.2) is 61.4 Å². The van der Waals surface area contributed by atoms with Crippen molar-refractivity contribution >= 4 is 5.84 Å². The van der Waals surface area contributed by atoms with Crippen LogP contribution in [0.5, 0.6) is 0 Å². The third-order valence-corrected chi connectivity index (χ3v) is 3.11. The van der Waals surface area contributed by atoms with Gasteiger partial charge in [-0.05, 0) is 6.54 Å². The molecular formula is C11H24N4O2. The van der Waals surface area contributed by atoms with Gasteiger partial charge in [-0.1, -0.05) is 19.0 Å². The Morgan fingerprint density at radius 2 is 2.47 bits per heavy atom. The highest BCUT2D eigenvalue weighted by Gasteiger charge is 2.19. The van der Waals surface area contributed by atoms with Gasteiger partial charge < -0.3 is 21.0 Å². The van der Waals surface area contributed by atoms with Crippen LogP contribution in [0.25, 0.3) is 0 Å². The van der Waals surface area contributed by atoms with Crippen LogP contribution in [-0.2, 0) is 4.74 Å². The number of nitrogens with zero attached hydrogens (tertiary/aromatic N) is 2. The van der Waals surface area contributed by atoms with E-state index in [-0.39, 0.29) is 17.9 Å². The molecule has 100 valence electrons. The smallest absolute Gasteiger partial charge is 0.143 e. The third kappa shape index (κ3) is 4.89. The van der Waals surface area contributed by atoms with Gasteiger partial charge in [-0.3, -0.25) is 4.90 Å². The lowest BCUT2D eigenvalue weighted by Gasteiger charge is -2.32. The molecule has 4 N–H and O–H groups in total. The first-order valence-corrected chi connectivity index (χ1v) is 6.19. The van der Waals surface area contributed by atoms with Gasteiger partial charge in [-0.15, -0.1) is 0 Å². The molecule has 1 saturated heterocycles. The monoisotopic (exact) mass is 244 g/mol. The van der Waals surface area contributed by atoms with Crippen LogP contribution < -0.4 is 11.1 Å². The highest BCUT2D eigenvalue weighted by Crippen LogP contribution is 2.03. The number of rotatable bonds is 6. The maximum Gasteiger partial charge on any atom is 0.143 e. The fraction of sp³-hybridized carbons (Fsp3) is 0.909. The average Bonchev–Trinajstić information content (AvgIpc) is 2.37. The molecular weight excluding hydrogens is 220 g/mol. The molecule has 1 aliphatic heterocycles. The number of nitrogens with two attached hydrogens (primary N) is 1. The Hall–Kier alpha value is -0.850. The van der Waals surface area contributed by atoms with E-state index in [0.29, 0.717) is 6.54 Å². The largest absolute Gasteiger partial charge is 0.409 e. The molecule has 0 aliphatic carbocycles. The molecule has 0 aromatic heterocycles. The summed E-state index contributed by atoms with van der Waals surface area (Å²) in [4.78, 5) is 2.38. The van der Waals surface area contributed by atoms with Crippen molar-refractivity contribution in [3.05, 3.63) is 0 Å². The molecule has 1 fully saturated rings. The van der Waals surface area contributed by atoms with E-state index in [1.54, 1.807) is 0 Å². The molecule has 1 rings (SSSR count). The number of ether oxygens (including phenoxy) is 1. The van der Waals surface area contributed by atoms with Crippen molar-refractivity contribution < 1.29 is 9.94 Å². The molecule has 1 aliphatic rings. The van der Waals surface area contributed by atoms with Crippen LogP contribution in [0.4, 0.5) is 0 Å². The summed E-state index contributed by atoms with van der Waals surface area (Å²) >= 11 is 0. The number of amidine groups is 1. The van der Waals surface area contributed by atoms with Crippen LogP contribution in [0.2, 0.25) is 0 Å². The van der Waals surface area contributed by atoms with E-state index < -0.39 is 0 Å². The molecule has 6 heteroatoms. The Morgan fingerprint density at radius 1 is 1.71 bits per heavy atom. The standard InChI is InChI=1S/C11H24N4O2/c1-3-15-4-5-17-10(8-15)7-13-6-9(2)11(12)14-16/h9-10,13,16H,3-8H2,1-2H3,(H2,12,14). The molecule has 0 amide bonds. The third-order valence-electron chi connectivity index (χ3n) is 3.11. The molecule has 0 radical (unpaired) electrons. The van der Waals surface area contributed by atoms with Gasteiger partial charge in [0.2, 0.25) is 0 Å². The zero-order valence-electron chi connectivity index (χ0n) is 10.7. The predicted octanol–water partition coefficient (Wildman–Crippen LogP) is -0.321. The van der Waals surface area contributed by atoms with Crippen LogP contribution in [0.15, 0.2) is 5.16 Å². The Kier molecular flexibility index (Phi) is 6.25. The first kappa shape index (κ1) is 14.2. The van der Waals surface area contributed by atoms with Gasteiger partial charge >= 0.3 is 0 Å². The van der Waals surface area contributed by atoms with E-state index in [2.05, 4.69) is 22.3 Å². The number of morpholine rings is 1. The van der Waals surface area contributed by atoms with E-state index in [1.165, 1.54) is 0 Å². The van der Waals surface area contributed by atoms with E-state index >= 15 is 0 Å². The van der Waals surface area contributed by atoms with Crippen molar-refractivity contribution in [2.75, 3.05) is 39.3 Å². The summed E-state index contributed by atoms with van der Waals surface area (Å²) < 4.78 is 5.66. The minimum atomic E-state index is 0.0332. The van der Waals surface area contributed by atoms with Crippen molar-refractivity contribution in [1.82, 2.24) is 10.2 Å². The molecule has 1 heterocycles. The van der Waals surface area contributed by atoms with Crippen molar-refractivity contribution in [1.29, 1.82) is 0 Å². The normalized spacial score (nSPS) is 24.8. The van der Waals surface area contributed by atoms with Crippen molar-refractivity contribution in [2.45, 2.75) is 20.0 Å². The number of likely N-dealkylation sites (N-methyl/N-ethyl adjacent to an activating group) is 1. The second-order valence-corrected chi connectivity index (χ2v) is 4.47. The summed E-state index contributed by atoms with van der Waals surface area (Å²) in [6, 6.07) is 0. The molecule has 2 atom stereocenters.